The van der Waals surface area contributed by atoms with E-state index in [2.05, 4.69) is 21.3 Å². The van der Waals surface area contributed by atoms with E-state index in [1.165, 1.54) is 72.8 Å². The Balaban J connectivity index is 1.12. The van der Waals surface area contributed by atoms with Crippen LogP contribution in [-0.2, 0) is 29.8 Å². The first-order valence-corrected chi connectivity index (χ1v) is 19.1. The third-order valence-corrected chi connectivity index (χ3v) is 10.5. The molecular formula is C38H30N4O12S2. The fraction of sp³-hybridized carbons (Fsp3) is 0.0526. The number of nitrogens with one attached hydrogen (secondary N) is 4. The Morgan fingerprint density at radius 2 is 0.804 bits per heavy atom. The number of phenols is 2. The lowest BCUT2D eigenvalue weighted by Gasteiger charge is -2.14. The Hall–Kier alpha value is -6.86. The monoisotopic (exact) mass is 798 g/mol. The second-order valence-electron chi connectivity index (χ2n) is 12.5. The molecule has 0 saturated carbocycles. The van der Waals surface area contributed by atoms with Crippen molar-refractivity contribution < 1.29 is 55.3 Å². The van der Waals surface area contributed by atoms with E-state index in [-0.39, 0.29) is 55.4 Å². The molecule has 0 spiro atoms. The summed E-state index contributed by atoms with van der Waals surface area (Å²) in [4.78, 5) is 50.7. The number of aromatic hydroxyl groups is 2. The van der Waals surface area contributed by atoms with Gasteiger partial charge in [0.1, 0.15) is 21.3 Å². The Bertz CT molecular complexity index is 2700. The number of aryl methyl sites for hydroxylation is 2. The van der Waals surface area contributed by atoms with Gasteiger partial charge >= 0.3 is 11.8 Å². The largest absolute Gasteiger partial charge is 0.506 e. The molecule has 56 heavy (non-hydrogen) atoms. The molecule has 0 aromatic heterocycles. The lowest BCUT2D eigenvalue weighted by atomic mass is 10.1. The number of hydrogen-bond acceptors (Lipinski definition) is 10. The quantitative estimate of drug-likeness (QED) is 0.0691. The second kappa shape index (κ2) is 14.8. The van der Waals surface area contributed by atoms with Crippen LogP contribution in [0.2, 0.25) is 0 Å². The highest BCUT2D eigenvalue weighted by Gasteiger charge is 2.25. The van der Waals surface area contributed by atoms with Gasteiger partial charge in [0.25, 0.3) is 32.1 Å². The van der Waals surface area contributed by atoms with Crippen LogP contribution in [0.25, 0.3) is 21.5 Å². The molecule has 8 N–H and O–H groups in total. The van der Waals surface area contributed by atoms with Crippen LogP contribution in [-0.4, -0.2) is 59.8 Å². The van der Waals surface area contributed by atoms with Crippen molar-refractivity contribution in [3.8, 4) is 11.5 Å². The topological polar surface area (TPSA) is 266 Å². The molecule has 0 fully saturated rings. The van der Waals surface area contributed by atoms with Gasteiger partial charge in [-0.2, -0.15) is 16.8 Å². The van der Waals surface area contributed by atoms with Gasteiger partial charge < -0.3 is 31.5 Å². The van der Waals surface area contributed by atoms with Gasteiger partial charge in [-0.25, -0.2) is 0 Å². The first kappa shape index (κ1) is 38.9. The molecule has 0 radical (unpaired) electrons. The summed E-state index contributed by atoms with van der Waals surface area (Å²) in [5, 5.41) is 31.3. The fourth-order valence-electron chi connectivity index (χ4n) is 6.05. The maximum Gasteiger partial charge on any atom is 0.314 e. The summed E-state index contributed by atoms with van der Waals surface area (Å²) in [7, 11) is -9.59. The predicted octanol–water partition coefficient (Wildman–Crippen LogP) is 5.60. The van der Waals surface area contributed by atoms with Crippen molar-refractivity contribution >= 4 is 88.2 Å². The van der Waals surface area contributed by atoms with Crippen LogP contribution in [0.1, 0.15) is 31.8 Å². The predicted molar refractivity (Wildman–Crippen MR) is 206 cm³/mol. The van der Waals surface area contributed by atoms with Crippen LogP contribution in [0.15, 0.2) is 107 Å². The van der Waals surface area contributed by atoms with Crippen molar-refractivity contribution in [2.45, 2.75) is 23.6 Å². The van der Waals surface area contributed by atoms with Gasteiger partial charge in [-0.1, -0.05) is 48.5 Å². The van der Waals surface area contributed by atoms with Gasteiger partial charge in [0, 0.05) is 56.2 Å². The van der Waals surface area contributed by atoms with E-state index >= 15 is 0 Å². The van der Waals surface area contributed by atoms with Crippen molar-refractivity contribution in [3.63, 3.8) is 0 Å². The van der Waals surface area contributed by atoms with Crippen LogP contribution in [0.4, 0.5) is 22.7 Å². The summed E-state index contributed by atoms with van der Waals surface area (Å²) >= 11 is 0. The molecule has 0 aliphatic carbocycles. The van der Waals surface area contributed by atoms with Crippen molar-refractivity contribution in [2.24, 2.45) is 0 Å². The number of fused-ring (bicyclic) bond motifs is 2. The molecular weight excluding hydrogens is 769 g/mol. The molecule has 6 aromatic rings. The van der Waals surface area contributed by atoms with Crippen LogP contribution < -0.4 is 21.3 Å². The van der Waals surface area contributed by atoms with E-state index in [1.807, 2.05) is 0 Å². The Morgan fingerprint density at radius 3 is 1.12 bits per heavy atom. The highest BCUT2D eigenvalue weighted by Crippen LogP contribution is 2.38. The highest BCUT2D eigenvalue weighted by molar-refractivity contribution is 7.86. The van der Waals surface area contributed by atoms with Gasteiger partial charge in [0.2, 0.25) is 0 Å². The average Bonchev–Trinajstić information content (AvgIpc) is 3.11. The van der Waals surface area contributed by atoms with Crippen LogP contribution in [0, 0.1) is 13.8 Å². The van der Waals surface area contributed by atoms with E-state index in [0.29, 0.717) is 11.1 Å². The van der Waals surface area contributed by atoms with Crippen molar-refractivity contribution in [3.05, 3.63) is 119 Å². The molecule has 4 amide bonds. The summed E-state index contributed by atoms with van der Waals surface area (Å²) in [5.41, 5.74) is 1.56. The Morgan fingerprint density at radius 1 is 0.464 bits per heavy atom. The number of hydrogen-bond donors (Lipinski definition) is 8. The molecule has 0 aliphatic heterocycles. The number of rotatable bonds is 8. The van der Waals surface area contributed by atoms with Crippen LogP contribution >= 0.6 is 0 Å². The number of carbonyl (C=O) groups is 4. The molecule has 0 heterocycles. The molecule has 16 nitrogen and oxygen atoms in total. The molecule has 6 rings (SSSR count). The zero-order valence-electron chi connectivity index (χ0n) is 29.1. The fourth-order valence-corrected chi connectivity index (χ4v) is 7.61. The molecule has 0 saturated heterocycles. The van der Waals surface area contributed by atoms with Crippen LogP contribution in [0.5, 0.6) is 11.5 Å². The molecule has 6 aromatic carbocycles. The van der Waals surface area contributed by atoms with Gasteiger partial charge in [0.05, 0.1) is 11.4 Å². The molecule has 0 unspecified atom stereocenters. The van der Waals surface area contributed by atoms with E-state index in [0.717, 1.165) is 12.1 Å². The number of anilines is 4. The van der Waals surface area contributed by atoms with E-state index in [4.69, 9.17) is 0 Å². The molecule has 0 aliphatic rings. The number of benzene rings is 6. The normalized spacial score (nSPS) is 11.6. The lowest BCUT2D eigenvalue weighted by molar-refractivity contribution is -0.133. The summed E-state index contributed by atoms with van der Waals surface area (Å²) in [5.74, 6) is -4.94. The first-order valence-electron chi connectivity index (χ1n) is 16.2. The van der Waals surface area contributed by atoms with E-state index in [1.54, 1.807) is 26.0 Å². The zero-order valence-corrected chi connectivity index (χ0v) is 30.7. The van der Waals surface area contributed by atoms with Crippen molar-refractivity contribution in [1.29, 1.82) is 0 Å². The SMILES string of the molecule is Cc1cc(C(=O)Nc2cc(O)c(S(=O)(=O)O)c3ccccc23)ccc1NC(=O)C(=O)Nc1ccc(C(=O)Nc2cc(O)c(S(=O)(=O)O)c3ccccc23)cc1C. The van der Waals surface area contributed by atoms with Crippen molar-refractivity contribution in [1.82, 2.24) is 0 Å². The van der Waals surface area contributed by atoms with E-state index in [9.17, 15) is 55.3 Å². The maximum atomic E-state index is 13.2. The first-order chi connectivity index (χ1) is 26.3. The van der Waals surface area contributed by atoms with Gasteiger partial charge in [-0.15, -0.1) is 0 Å². The highest BCUT2D eigenvalue weighted by atomic mass is 32.2. The number of phenolic OH excluding ortho intramolecular Hbond substituents is 2. The van der Waals surface area contributed by atoms with Crippen molar-refractivity contribution in [2.75, 3.05) is 21.3 Å². The maximum absolute atomic E-state index is 13.2. The van der Waals surface area contributed by atoms with E-state index < -0.39 is 65.2 Å². The van der Waals surface area contributed by atoms with Gasteiger partial charge in [-0.3, -0.25) is 28.3 Å². The van der Waals surface area contributed by atoms with Gasteiger partial charge in [-0.05, 0) is 61.4 Å². The minimum Gasteiger partial charge on any atom is -0.506 e. The number of amides is 4. The Kier molecular flexibility index (Phi) is 10.2. The minimum atomic E-state index is -4.80. The Labute approximate surface area is 318 Å². The molecule has 286 valence electrons. The third-order valence-electron chi connectivity index (χ3n) is 8.64. The molecule has 0 bridgehead atoms. The summed E-state index contributed by atoms with van der Waals surface area (Å²) in [6, 6.07) is 22.2. The average molecular weight is 799 g/mol. The standard InChI is InChI=1S/C38H30N4O12S2/c1-19-15-21(35(45)41-29-17-31(43)33(55(49,50)51)25-9-5-3-7-23(25)29)11-13-27(19)39-37(47)38(48)40-28-14-12-22(16-20(28)2)36(46)42-30-18-32(44)34(56(52,53)54)26-10-6-4-8-24(26)30/h3-18,43-44H,1-2H3,(H,39,47)(H,40,48)(H,41,45)(H,42,46)(H,49,50,51)(H,52,53,54). The summed E-state index contributed by atoms with van der Waals surface area (Å²) in [6.07, 6.45) is 0. The van der Waals surface area contributed by atoms with Crippen LogP contribution in [0.3, 0.4) is 0 Å². The third kappa shape index (κ3) is 7.84. The summed E-state index contributed by atoms with van der Waals surface area (Å²) < 4.78 is 66.8. The second-order valence-corrected chi connectivity index (χ2v) is 15.2. The smallest absolute Gasteiger partial charge is 0.314 e. The molecule has 18 heteroatoms. The van der Waals surface area contributed by atoms with Gasteiger partial charge in [0.15, 0.2) is 0 Å². The zero-order chi connectivity index (χ0) is 40.7. The number of carbonyl (C=O) groups excluding carboxylic acids is 4. The summed E-state index contributed by atoms with van der Waals surface area (Å²) in [6.45, 7) is 3.15. The molecule has 0 atom stereocenters. The minimum absolute atomic E-state index is 0.0191. The lowest BCUT2D eigenvalue weighted by Crippen LogP contribution is -2.29.